The summed E-state index contributed by atoms with van der Waals surface area (Å²) in [6.07, 6.45) is 7.68. The average Bonchev–Trinajstić information content (AvgIpc) is 0.779. The zero-order valence-electron chi connectivity index (χ0n) is 73.8. The van der Waals surface area contributed by atoms with Crippen LogP contribution in [-0.4, -0.2) is 166 Å². The number of nitrogens with zero attached hydrogens (tertiary/aromatic N) is 8. The molecule has 0 atom stereocenters. The van der Waals surface area contributed by atoms with Crippen LogP contribution in [-0.2, 0) is 44.8 Å². The molecule has 129 heavy (non-hydrogen) atoms. The molecule has 6 aromatic carbocycles. The molecule has 41 heteroatoms. The Labute approximate surface area is 775 Å². The second-order valence-corrected chi connectivity index (χ2v) is 39.3. The van der Waals surface area contributed by atoms with E-state index in [4.69, 9.17) is 54.5 Å². The Bertz CT molecular complexity index is 6100. The molecule has 11 aromatic rings. The zero-order valence-corrected chi connectivity index (χ0v) is 80.2. The summed E-state index contributed by atoms with van der Waals surface area (Å²) in [6.45, 7) is 25.9. The van der Waals surface area contributed by atoms with Crippen molar-refractivity contribution >= 4 is 172 Å². The molecule has 7 heterocycles. The first-order chi connectivity index (χ1) is 60.5. The van der Waals surface area contributed by atoms with E-state index in [1.807, 2.05) is 51.1 Å². The Morgan fingerprint density at radius 1 is 0.419 bits per heavy atom. The summed E-state index contributed by atoms with van der Waals surface area (Å²) in [4.78, 5) is 39.5. The number of hydrogen-bond donors (Lipinski definition) is 14. The highest BCUT2D eigenvalue weighted by atomic mass is 79.9. The van der Waals surface area contributed by atoms with Crippen molar-refractivity contribution in [2.45, 2.75) is 126 Å². The van der Waals surface area contributed by atoms with Gasteiger partial charge in [-0.1, -0.05) is 60.1 Å². The van der Waals surface area contributed by atoms with Crippen LogP contribution in [0.3, 0.4) is 0 Å². The SMILES string of the molecule is CC(C)NS(=O)(=O)c1ccccc1Nc1cc(N)ncc1Br.CC(C)NS(=O)(=O)c1ccccc1Nc1ccnc(N)c1.COc1cc(N2CCN(C(=O)OC(C)(C)C)CC2)ccc1-c1cnc(N)cc1Nc1ccccc1S(=O)(=O)NC(C)C.COc1cc(N2CCNCC2)ccc1-c1cnc(N)cc1Nc1ccccc1S(=O)(=O)NC(C)C.Cl.Nc1cc(Cl)ccn1. The van der Waals surface area contributed by atoms with Crippen LogP contribution in [0.2, 0.25) is 5.02 Å². The van der Waals surface area contributed by atoms with E-state index >= 15 is 0 Å². The third-order valence-corrected chi connectivity index (χ3v) is 26.1. The van der Waals surface area contributed by atoms with Gasteiger partial charge in [-0.25, -0.2) is 82.3 Å². The van der Waals surface area contributed by atoms with Crippen molar-refractivity contribution in [3.05, 3.63) is 216 Å². The van der Waals surface area contributed by atoms with Gasteiger partial charge in [-0.05, 0) is 183 Å². The third-order valence-electron chi connectivity index (χ3n) is 18.3. The molecule has 0 radical (unpaired) electrons. The number of methoxy groups -OCH3 is 2. The standard InChI is InChI=1S/C30H40N6O5S.C25H32N6O3S.C14H17BrN4O2S.C14H18N4O2S.C5H5ClN2.ClH/c1-20(2)34-42(38,39)27-10-8-7-9-24(27)33-25-18-28(31)32-19-23(25)22-12-11-21(17-26(22)40-6)35-13-15-36(16-14-35)29(37)41-30(3,4)5;1-17(2)30-35(32,33)24-7-5-4-6-21(24)29-22-15-25(26)28-16-20(22)19-9-8-18(14-23(19)34-3)31-12-10-27-11-13-31;1-9(2)19-22(20,21)13-6-4-3-5-11(13)18-12-7-14(16)17-8-10(12)15;1-10(2)18-21(19,20)13-6-4-3-5-12(13)17-11-7-8-16-14(15)9-11;6-4-1-2-8-5(7)3-4;/h7-12,17-20,34H,13-16H2,1-6H3,(H3,31,32,33);4-9,14-17,27,30H,10-13H2,1-3H3,(H3,26,28,29);3-9,19H,1-2H3,(H3,16,17,18);3-10,18H,1-2H3,(H3,15,16,17);1-3H,(H2,7,8);1H. The first kappa shape index (κ1) is 103. The molecule has 13 rings (SSSR count). The van der Waals surface area contributed by atoms with Crippen LogP contribution in [0, 0.1) is 0 Å². The van der Waals surface area contributed by atoms with E-state index in [1.165, 1.54) is 0 Å². The van der Waals surface area contributed by atoms with Crippen LogP contribution in [0.1, 0.15) is 76.2 Å². The highest BCUT2D eigenvalue weighted by Crippen LogP contribution is 2.43. The maximum Gasteiger partial charge on any atom is 0.410 e. The minimum atomic E-state index is -3.77. The lowest BCUT2D eigenvalue weighted by molar-refractivity contribution is 0.0240. The predicted octanol–water partition coefficient (Wildman–Crippen LogP) is 14.7. The van der Waals surface area contributed by atoms with E-state index in [0.717, 1.165) is 54.2 Å². The molecule has 0 spiro atoms. The van der Waals surface area contributed by atoms with Gasteiger partial charge in [0.25, 0.3) is 0 Å². The van der Waals surface area contributed by atoms with Gasteiger partial charge in [-0.3, -0.25) is 0 Å². The fourth-order valence-corrected chi connectivity index (χ4v) is 19.1. The number of sulfonamides is 4. The van der Waals surface area contributed by atoms with E-state index in [0.29, 0.717) is 122 Å². The summed E-state index contributed by atoms with van der Waals surface area (Å²) >= 11 is 8.88. The summed E-state index contributed by atoms with van der Waals surface area (Å²) < 4.78 is 130. The molecule has 2 saturated heterocycles. The van der Waals surface area contributed by atoms with Crippen molar-refractivity contribution in [2.24, 2.45) is 0 Å². The quantitative estimate of drug-likeness (QED) is 0.0239. The number of amides is 1. The van der Waals surface area contributed by atoms with Crippen LogP contribution in [0.25, 0.3) is 22.3 Å². The molecule has 2 aliphatic heterocycles. The molecular weight excluding hydrogens is 1840 g/mol. The number of benzene rings is 6. The van der Waals surface area contributed by atoms with Crippen LogP contribution in [0.15, 0.2) is 231 Å². The molecule has 5 aromatic heterocycles. The maximum absolute atomic E-state index is 13.0. The number of para-hydroxylation sites is 4. The van der Waals surface area contributed by atoms with E-state index in [-0.39, 0.29) is 68.1 Å². The number of pyridine rings is 5. The number of anilines is 15. The number of carbonyl (C=O) groups excluding carboxylic acids is 1. The number of halogens is 3. The first-order valence-corrected chi connectivity index (χ1v) is 47.7. The summed E-state index contributed by atoms with van der Waals surface area (Å²) in [5.74, 6) is 3.05. The van der Waals surface area contributed by atoms with Crippen LogP contribution >= 0.6 is 39.9 Å². The Kier molecular flexibility index (Phi) is 37.1. The van der Waals surface area contributed by atoms with Gasteiger partial charge < -0.3 is 84.2 Å². The lowest BCUT2D eigenvalue weighted by Crippen LogP contribution is -2.50. The maximum atomic E-state index is 13.0. The van der Waals surface area contributed by atoms with Crippen molar-refractivity contribution in [3.63, 3.8) is 0 Å². The molecule has 2 aliphatic rings. The third kappa shape index (κ3) is 30.3. The Morgan fingerprint density at radius 3 is 1.12 bits per heavy atom. The first-order valence-electron chi connectivity index (χ1n) is 40.6. The summed E-state index contributed by atoms with van der Waals surface area (Å²) in [5.41, 5.74) is 37.4. The number of nitrogens with one attached hydrogen (secondary N) is 9. The largest absolute Gasteiger partial charge is 0.496 e. The number of nitrogen functional groups attached to an aromatic ring is 5. The van der Waals surface area contributed by atoms with Gasteiger partial charge in [0, 0.05) is 188 Å². The molecule has 0 bridgehead atoms. The minimum Gasteiger partial charge on any atom is -0.496 e. The second-order valence-electron chi connectivity index (χ2n) is 31.3. The van der Waals surface area contributed by atoms with Crippen molar-refractivity contribution < 1.29 is 52.7 Å². The Hall–Kier alpha value is -11.6. The molecule has 0 saturated carbocycles. The molecule has 2 fully saturated rings. The fourth-order valence-electron chi connectivity index (χ4n) is 13.0. The highest BCUT2D eigenvalue weighted by Gasteiger charge is 2.30. The summed E-state index contributed by atoms with van der Waals surface area (Å²) in [7, 11) is -11.4. The van der Waals surface area contributed by atoms with Crippen LogP contribution in [0.4, 0.5) is 90.8 Å². The Balaban J connectivity index is 0.000000213. The highest BCUT2D eigenvalue weighted by molar-refractivity contribution is 9.10. The molecule has 0 aliphatic carbocycles. The van der Waals surface area contributed by atoms with E-state index < -0.39 is 45.7 Å². The molecular formula is C88H113BrCl2N22O12S4. The number of piperazine rings is 2. The number of nitrogens with two attached hydrogens (primary N) is 5. The van der Waals surface area contributed by atoms with Crippen molar-refractivity contribution in [2.75, 3.05) is 126 Å². The summed E-state index contributed by atoms with van der Waals surface area (Å²) in [6, 6.07) is 49.5. The van der Waals surface area contributed by atoms with Gasteiger partial charge in [0.1, 0.15) is 65.8 Å². The zero-order chi connectivity index (χ0) is 93.4. The van der Waals surface area contributed by atoms with Gasteiger partial charge in [0.05, 0.1) is 58.5 Å². The second kappa shape index (κ2) is 46.6. The number of aromatic nitrogens is 5. The normalized spacial score (nSPS) is 12.9. The van der Waals surface area contributed by atoms with E-state index in [2.05, 4.69) is 102 Å². The van der Waals surface area contributed by atoms with Gasteiger partial charge in [0.2, 0.25) is 40.1 Å². The number of hydrogen-bond acceptors (Lipinski definition) is 29. The monoisotopic (exact) mass is 1950 g/mol. The average molecular weight is 1950 g/mol. The van der Waals surface area contributed by atoms with Gasteiger partial charge in [-0.2, -0.15) is 0 Å². The number of rotatable bonds is 26. The van der Waals surface area contributed by atoms with E-state index in [1.54, 1.807) is 245 Å². The molecule has 34 nitrogen and oxygen atoms in total. The van der Waals surface area contributed by atoms with Gasteiger partial charge >= 0.3 is 6.09 Å². The topological polar surface area (TPSA) is 494 Å². The van der Waals surface area contributed by atoms with Crippen LogP contribution in [0.5, 0.6) is 11.5 Å². The van der Waals surface area contributed by atoms with Crippen molar-refractivity contribution in [3.8, 4) is 33.8 Å². The smallest absolute Gasteiger partial charge is 0.410 e. The van der Waals surface area contributed by atoms with Crippen molar-refractivity contribution in [1.82, 2.24) is 54.0 Å². The number of carbonyl (C=O) groups is 1. The molecule has 19 N–H and O–H groups in total. The molecule has 0 unspecified atom stereocenters. The fraction of sp³-hybridized carbons (Fsp3) is 0.295. The van der Waals surface area contributed by atoms with Gasteiger partial charge in [-0.15, -0.1) is 12.4 Å². The lowest BCUT2D eigenvalue weighted by Gasteiger charge is -2.37. The van der Waals surface area contributed by atoms with Crippen molar-refractivity contribution in [1.29, 1.82) is 0 Å². The summed E-state index contributed by atoms with van der Waals surface area (Å²) in [5, 5.41) is 16.7. The van der Waals surface area contributed by atoms with E-state index in [9.17, 15) is 38.5 Å². The minimum absolute atomic E-state index is 0. The molecule has 692 valence electrons. The number of ether oxygens (including phenoxy) is 3. The predicted molar refractivity (Wildman–Crippen MR) is 523 cm³/mol. The Morgan fingerprint density at radius 2 is 0.760 bits per heavy atom. The van der Waals surface area contributed by atoms with Crippen LogP contribution < -0.4 is 93.4 Å². The van der Waals surface area contributed by atoms with Gasteiger partial charge in [0.15, 0.2) is 0 Å². The molecule has 1 amide bonds. The lowest BCUT2D eigenvalue weighted by atomic mass is 10.0.